The summed E-state index contributed by atoms with van der Waals surface area (Å²) in [6.45, 7) is 4.04. The molecule has 7 heteroatoms. The number of fused-ring (bicyclic) bond motifs is 1. The molecule has 1 aliphatic heterocycles. The summed E-state index contributed by atoms with van der Waals surface area (Å²) in [4.78, 5) is 4.17. The zero-order valence-corrected chi connectivity index (χ0v) is 25.7. The molecule has 0 unspecified atom stereocenters. The Morgan fingerprint density at radius 1 is 0.404 bits per heavy atom. The second-order valence-corrected chi connectivity index (χ2v) is 11.6. The Morgan fingerprint density at radius 2 is 0.830 bits per heavy atom. The molecule has 234 valence electrons. The molecular weight excluding hydrogens is 600 g/mol. The highest BCUT2D eigenvalue weighted by molar-refractivity contribution is 5.87. The normalized spacial score (nSPS) is 14.4. The van der Waals surface area contributed by atoms with Crippen LogP contribution in [0.4, 0.5) is 51.7 Å². The predicted octanol–water partition coefficient (Wildman–Crippen LogP) is 12.0. The third-order valence-electron chi connectivity index (χ3n) is 8.27. The van der Waals surface area contributed by atoms with E-state index in [0.29, 0.717) is 11.1 Å². The molecule has 0 fully saturated rings. The number of aryl methyl sites for hydroxylation is 2. The number of nitrogens with zero attached hydrogens (tertiary/aromatic N) is 2. The summed E-state index contributed by atoms with van der Waals surface area (Å²) in [5.41, 5.74) is 6.47. The van der Waals surface area contributed by atoms with Crippen LogP contribution in [0.25, 0.3) is 11.1 Å². The fourth-order valence-corrected chi connectivity index (χ4v) is 5.95. The zero-order valence-electron chi connectivity index (χ0n) is 25.7. The largest absolute Gasteiger partial charge is 0.388 e. The van der Waals surface area contributed by atoms with Gasteiger partial charge in [-0.25, -0.2) is 4.74 Å². The maximum atomic E-state index is 14.8. The van der Waals surface area contributed by atoms with Gasteiger partial charge in [-0.1, -0.05) is 77.9 Å². The topological polar surface area (TPSA) is 15.7 Å². The van der Waals surface area contributed by atoms with Crippen molar-refractivity contribution >= 4 is 34.1 Å². The van der Waals surface area contributed by atoms with E-state index in [2.05, 4.69) is 14.5 Å². The molecule has 0 spiro atoms. The van der Waals surface area contributed by atoms with Crippen LogP contribution in [0.3, 0.4) is 0 Å². The SMILES string of the molecule is Cc1ccc(N(c2ccc(C)cc2)c2cc(-c3ccc4c(c3)C(F)(F)OC4(F)F)cc(N(c3ccccc3)c3ccccc3)c2)cc1. The lowest BCUT2D eigenvalue weighted by Gasteiger charge is -2.30. The maximum Gasteiger partial charge on any atom is 0.388 e. The number of ether oxygens (including phenoxy) is 1. The number of hydrogen-bond acceptors (Lipinski definition) is 3. The van der Waals surface area contributed by atoms with Crippen LogP contribution in [0.2, 0.25) is 0 Å². The lowest BCUT2D eigenvalue weighted by Crippen LogP contribution is -2.17. The molecule has 47 heavy (non-hydrogen) atoms. The van der Waals surface area contributed by atoms with Crippen molar-refractivity contribution in [1.29, 1.82) is 0 Å². The first-order valence-corrected chi connectivity index (χ1v) is 15.2. The van der Waals surface area contributed by atoms with E-state index in [9.17, 15) is 17.6 Å². The zero-order chi connectivity index (χ0) is 32.8. The minimum atomic E-state index is -4.13. The Kier molecular flexibility index (Phi) is 7.57. The molecule has 0 atom stereocenters. The van der Waals surface area contributed by atoms with Crippen molar-refractivity contribution in [1.82, 2.24) is 0 Å². The Hall–Kier alpha value is -5.40. The fraction of sp³-hybridized carbons (Fsp3) is 0.100. The summed E-state index contributed by atoms with van der Waals surface area (Å²) in [5, 5.41) is 0. The second-order valence-electron chi connectivity index (χ2n) is 11.6. The lowest BCUT2D eigenvalue weighted by molar-refractivity contribution is -0.369. The monoisotopic (exact) mass is 630 g/mol. The van der Waals surface area contributed by atoms with Crippen molar-refractivity contribution in [3.05, 3.63) is 168 Å². The first kappa shape index (κ1) is 30.3. The third-order valence-corrected chi connectivity index (χ3v) is 8.27. The first-order valence-electron chi connectivity index (χ1n) is 15.2. The van der Waals surface area contributed by atoms with E-state index >= 15 is 0 Å². The molecule has 0 amide bonds. The highest BCUT2D eigenvalue weighted by Gasteiger charge is 2.57. The molecule has 0 radical (unpaired) electrons. The number of rotatable bonds is 7. The molecule has 3 nitrogen and oxygen atoms in total. The number of benzene rings is 6. The molecule has 0 aliphatic carbocycles. The van der Waals surface area contributed by atoms with E-state index < -0.39 is 23.3 Å². The van der Waals surface area contributed by atoms with E-state index in [0.717, 1.165) is 57.4 Å². The van der Waals surface area contributed by atoms with Crippen molar-refractivity contribution < 1.29 is 22.3 Å². The quantitative estimate of drug-likeness (QED) is 0.163. The molecule has 1 heterocycles. The van der Waals surface area contributed by atoms with Gasteiger partial charge in [-0.15, -0.1) is 0 Å². The van der Waals surface area contributed by atoms with E-state index in [4.69, 9.17) is 0 Å². The van der Waals surface area contributed by atoms with Crippen LogP contribution in [0.1, 0.15) is 22.3 Å². The molecule has 6 aromatic rings. The fourth-order valence-electron chi connectivity index (χ4n) is 5.95. The van der Waals surface area contributed by atoms with Gasteiger partial charge in [-0.05, 0) is 104 Å². The smallest absolute Gasteiger partial charge is 0.310 e. The van der Waals surface area contributed by atoms with Crippen LogP contribution in [0, 0.1) is 13.8 Å². The molecule has 7 rings (SSSR count). The van der Waals surface area contributed by atoms with Crippen LogP contribution in [0.5, 0.6) is 0 Å². The average Bonchev–Trinajstić information content (AvgIpc) is 3.26. The van der Waals surface area contributed by atoms with Gasteiger partial charge >= 0.3 is 12.2 Å². The molecule has 0 bridgehead atoms. The van der Waals surface area contributed by atoms with Crippen molar-refractivity contribution in [2.75, 3.05) is 9.80 Å². The summed E-state index contributed by atoms with van der Waals surface area (Å²) in [7, 11) is 0. The third kappa shape index (κ3) is 5.86. The van der Waals surface area contributed by atoms with E-state index in [-0.39, 0.29) is 0 Å². The summed E-state index contributed by atoms with van der Waals surface area (Å²) in [5.74, 6) is 0. The van der Waals surface area contributed by atoms with Crippen LogP contribution in [-0.2, 0) is 17.0 Å². The van der Waals surface area contributed by atoms with Gasteiger partial charge in [0.2, 0.25) is 0 Å². The van der Waals surface area contributed by atoms with Crippen molar-refractivity contribution in [3.8, 4) is 11.1 Å². The van der Waals surface area contributed by atoms with E-state index in [1.807, 2.05) is 141 Å². The second kappa shape index (κ2) is 11.8. The number of halogens is 4. The lowest BCUT2D eigenvalue weighted by atomic mass is 9.97. The highest BCUT2D eigenvalue weighted by atomic mass is 19.3. The molecule has 0 saturated heterocycles. The molecule has 0 saturated carbocycles. The number of para-hydroxylation sites is 2. The molecule has 0 N–H and O–H groups in total. The Morgan fingerprint density at radius 3 is 1.30 bits per heavy atom. The van der Waals surface area contributed by atoms with Crippen LogP contribution < -0.4 is 9.80 Å². The number of anilines is 6. The highest BCUT2D eigenvalue weighted by Crippen LogP contribution is 2.52. The van der Waals surface area contributed by atoms with Gasteiger partial charge in [0, 0.05) is 34.1 Å². The van der Waals surface area contributed by atoms with E-state index in [1.165, 1.54) is 6.07 Å². The summed E-state index contributed by atoms with van der Waals surface area (Å²) < 4.78 is 62.2. The van der Waals surface area contributed by atoms with Crippen LogP contribution >= 0.6 is 0 Å². The van der Waals surface area contributed by atoms with Crippen molar-refractivity contribution in [3.63, 3.8) is 0 Å². The number of alkyl halides is 4. The Bertz CT molecular complexity index is 1950. The van der Waals surface area contributed by atoms with Gasteiger partial charge in [0.25, 0.3) is 0 Å². The van der Waals surface area contributed by atoms with Gasteiger partial charge in [0.05, 0.1) is 11.1 Å². The van der Waals surface area contributed by atoms with Gasteiger partial charge in [-0.2, -0.15) is 17.6 Å². The summed E-state index contributed by atoms with van der Waals surface area (Å²) in [6, 6.07) is 45.3. The summed E-state index contributed by atoms with van der Waals surface area (Å²) in [6.07, 6.45) is -8.22. The average molecular weight is 631 g/mol. The minimum Gasteiger partial charge on any atom is -0.310 e. The Labute approximate surface area is 270 Å². The van der Waals surface area contributed by atoms with Crippen molar-refractivity contribution in [2.24, 2.45) is 0 Å². The minimum absolute atomic E-state index is 0.349. The molecule has 1 aliphatic rings. The first-order chi connectivity index (χ1) is 22.6. The Balaban J connectivity index is 1.50. The summed E-state index contributed by atoms with van der Waals surface area (Å²) >= 11 is 0. The van der Waals surface area contributed by atoms with Gasteiger partial charge in [0.15, 0.2) is 0 Å². The van der Waals surface area contributed by atoms with E-state index in [1.54, 1.807) is 0 Å². The molecule has 0 aromatic heterocycles. The predicted molar refractivity (Wildman–Crippen MR) is 180 cm³/mol. The van der Waals surface area contributed by atoms with Crippen molar-refractivity contribution in [2.45, 2.75) is 26.1 Å². The van der Waals surface area contributed by atoms with Gasteiger partial charge in [-0.3, -0.25) is 0 Å². The number of hydrogen-bond donors (Lipinski definition) is 0. The van der Waals surface area contributed by atoms with Gasteiger partial charge < -0.3 is 9.80 Å². The standard InChI is InChI=1S/C40H30F4N2O/c1-27-13-18-33(19-14-27)46(34-20-15-28(2)16-21-34)36-24-30(29-17-22-37-38(25-29)40(43,44)47-39(37,41)42)23-35(26-36)45(31-9-5-3-6-10-31)32-11-7-4-8-12-32/h3-26H,1-2H3. The van der Waals surface area contributed by atoms with Crippen LogP contribution in [0.15, 0.2) is 146 Å². The molecular formula is C40H30F4N2O. The molecule has 6 aromatic carbocycles. The van der Waals surface area contributed by atoms with Gasteiger partial charge in [0.1, 0.15) is 0 Å². The van der Waals surface area contributed by atoms with Crippen LogP contribution in [-0.4, -0.2) is 0 Å². The maximum absolute atomic E-state index is 14.8.